The van der Waals surface area contributed by atoms with Gasteiger partial charge in [-0.25, -0.2) is 0 Å². The van der Waals surface area contributed by atoms with Gasteiger partial charge in [-0.15, -0.1) is 0 Å². The van der Waals surface area contributed by atoms with Crippen molar-refractivity contribution in [2.24, 2.45) is 40.4 Å². The lowest BCUT2D eigenvalue weighted by molar-refractivity contribution is -0.130. The molecule has 2 nitrogen and oxygen atoms in total. The van der Waals surface area contributed by atoms with Gasteiger partial charge >= 0.3 is 0 Å². The number of rotatable bonds is 1. The van der Waals surface area contributed by atoms with E-state index in [0.717, 1.165) is 31.6 Å². The van der Waals surface area contributed by atoms with E-state index in [-0.39, 0.29) is 16.7 Å². The first kappa shape index (κ1) is 16.5. The fourth-order valence-electron chi connectivity index (χ4n) is 7.57. The summed E-state index contributed by atoms with van der Waals surface area (Å²) in [7, 11) is 0. The van der Waals surface area contributed by atoms with Gasteiger partial charge in [0.25, 0.3) is 0 Å². The van der Waals surface area contributed by atoms with E-state index in [2.05, 4.69) is 20.8 Å². The molecule has 132 valence electrons. The summed E-state index contributed by atoms with van der Waals surface area (Å²) in [4.78, 5) is 24.2. The maximum absolute atomic E-state index is 12.2. The summed E-state index contributed by atoms with van der Waals surface area (Å²) < 4.78 is 0. The molecular weight excluding hydrogens is 296 g/mol. The molecule has 4 aliphatic rings. The molecule has 0 radical (unpaired) electrons. The summed E-state index contributed by atoms with van der Waals surface area (Å²) in [5.74, 6) is 3.84. The van der Waals surface area contributed by atoms with Crippen LogP contribution in [-0.2, 0) is 9.59 Å². The Balaban J connectivity index is 1.72. The van der Waals surface area contributed by atoms with Crippen LogP contribution in [0, 0.1) is 40.4 Å². The van der Waals surface area contributed by atoms with Crippen LogP contribution in [0.2, 0.25) is 0 Å². The number of carbonyl (C=O) groups is 2. The third-order valence-corrected chi connectivity index (χ3v) is 8.80. The zero-order valence-corrected chi connectivity index (χ0v) is 15.7. The lowest BCUT2D eigenvalue weighted by Crippen LogP contribution is -2.53. The predicted molar refractivity (Wildman–Crippen MR) is 95.4 cm³/mol. The first-order valence-corrected chi connectivity index (χ1v) is 10.0. The van der Waals surface area contributed by atoms with Crippen molar-refractivity contribution in [1.29, 1.82) is 0 Å². The molecule has 0 aromatic rings. The van der Waals surface area contributed by atoms with Crippen LogP contribution >= 0.6 is 0 Å². The molecule has 3 fully saturated rings. The van der Waals surface area contributed by atoms with Gasteiger partial charge < -0.3 is 0 Å². The van der Waals surface area contributed by atoms with Gasteiger partial charge in [-0.1, -0.05) is 26.3 Å². The number of allylic oxidation sites excluding steroid dienone is 1. The maximum Gasteiger partial charge on any atom is 0.155 e. The summed E-state index contributed by atoms with van der Waals surface area (Å²) in [5.41, 5.74) is 1.90. The van der Waals surface area contributed by atoms with Gasteiger partial charge in [-0.3, -0.25) is 9.59 Å². The molecule has 24 heavy (non-hydrogen) atoms. The van der Waals surface area contributed by atoms with Gasteiger partial charge in [0.1, 0.15) is 5.78 Å². The molecule has 4 rings (SSSR count). The average Bonchev–Trinajstić information content (AvgIpc) is 2.86. The molecule has 0 amide bonds. The van der Waals surface area contributed by atoms with Crippen LogP contribution in [0.5, 0.6) is 0 Å². The third-order valence-electron chi connectivity index (χ3n) is 8.80. The predicted octanol–water partition coefficient (Wildman–Crippen LogP) is 4.97. The average molecular weight is 328 g/mol. The Morgan fingerprint density at radius 2 is 1.88 bits per heavy atom. The Morgan fingerprint density at radius 3 is 2.58 bits per heavy atom. The zero-order valence-electron chi connectivity index (χ0n) is 15.7. The second kappa shape index (κ2) is 5.29. The minimum absolute atomic E-state index is 0.226. The van der Waals surface area contributed by atoms with E-state index in [4.69, 9.17) is 0 Å². The van der Waals surface area contributed by atoms with Crippen LogP contribution in [0.4, 0.5) is 0 Å². The highest BCUT2D eigenvalue weighted by Gasteiger charge is 2.61. The lowest BCUT2D eigenvalue weighted by atomic mass is 9.44. The Bertz CT molecular complexity index is 617. The Hall–Kier alpha value is -0.920. The summed E-state index contributed by atoms with van der Waals surface area (Å²) >= 11 is 0. The van der Waals surface area contributed by atoms with E-state index in [0.29, 0.717) is 29.3 Å². The van der Waals surface area contributed by atoms with Crippen LogP contribution in [-0.4, -0.2) is 11.6 Å². The molecule has 0 aromatic heterocycles. The highest BCUT2D eigenvalue weighted by atomic mass is 16.1. The van der Waals surface area contributed by atoms with Crippen molar-refractivity contribution in [2.45, 2.75) is 72.6 Å². The molecule has 2 heteroatoms. The number of hydrogen-bond donors (Lipinski definition) is 0. The van der Waals surface area contributed by atoms with Gasteiger partial charge in [0.15, 0.2) is 5.78 Å². The minimum atomic E-state index is 0.226. The third kappa shape index (κ3) is 2.07. The summed E-state index contributed by atoms with van der Waals surface area (Å²) in [6.45, 7) is 9.07. The highest BCUT2D eigenvalue weighted by molar-refractivity contribution is 5.91. The zero-order chi connectivity index (χ0) is 17.3. The molecule has 3 saturated carbocycles. The molecule has 0 saturated heterocycles. The molecule has 7 atom stereocenters. The number of hydrogen-bond acceptors (Lipinski definition) is 2. The van der Waals surface area contributed by atoms with Gasteiger partial charge in [-0.2, -0.15) is 0 Å². The molecule has 0 aliphatic heterocycles. The fourth-order valence-corrected chi connectivity index (χ4v) is 7.57. The maximum atomic E-state index is 12.2. The Labute approximate surface area is 146 Å². The van der Waals surface area contributed by atoms with Crippen molar-refractivity contribution < 1.29 is 9.59 Å². The first-order valence-electron chi connectivity index (χ1n) is 10.0. The van der Waals surface area contributed by atoms with Crippen LogP contribution in [0.1, 0.15) is 72.6 Å². The number of ketones is 2. The molecule has 0 aromatic carbocycles. The summed E-state index contributed by atoms with van der Waals surface area (Å²) in [6, 6.07) is 0. The smallest absolute Gasteiger partial charge is 0.155 e. The lowest BCUT2D eigenvalue weighted by Gasteiger charge is -2.60. The van der Waals surface area contributed by atoms with Crippen LogP contribution in [0.3, 0.4) is 0 Å². The van der Waals surface area contributed by atoms with Gasteiger partial charge in [-0.05, 0) is 86.0 Å². The molecule has 0 bridgehead atoms. The molecule has 0 spiro atoms. The van der Waals surface area contributed by atoms with E-state index in [1.807, 2.05) is 13.0 Å². The van der Waals surface area contributed by atoms with E-state index in [1.165, 1.54) is 24.8 Å². The fraction of sp³-hybridized carbons (Fsp3) is 0.818. The van der Waals surface area contributed by atoms with Crippen LogP contribution in [0.15, 0.2) is 11.6 Å². The molecule has 0 N–H and O–H groups in total. The van der Waals surface area contributed by atoms with E-state index < -0.39 is 0 Å². The van der Waals surface area contributed by atoms with Crippen LogP contribution < -0.4 is 0 Å². The summed E-state index contributed by atoms with van der Waals surface area (Å²) in [6.07, 6.45) is 9.66. The molecule has 4 aliphatic carbocycles. The van der Waals surface area contributed by atoms with Crippen molar-refractivity contribution in [3.05, 3.63) is 11.6 Å². The van der Waals surface area contributed by atoms with Crippen molar-refractivity contribution >= 4 is 11.6 Å². The van der Waals surface area contributed by atoms with Crippen molar-refractivity contribution in [3.63, 3.8) is 0 Å². The Morgan fingerprint density at radius 1 is 1.12 bits per heavy atom. The SMILES string of the molecule is CC(=O)[C@@H]1CC[C@@H]2[C@H]3[C@H](C)CC4=CC(=O)CC[C@@]4(C)[C@H]3CC[C@]21C. The largest absolute Gasteiger partial charge is 0.300 e. The second-order valence-corrected chi connectivity index (χ2v) is 9.81. The van der Waals surface area contributed by atoms with Crippen molar-refractivity contribution in [1.82, 2.24) is 0 Å². The first-order chi connectivity index (χ1) is 11.3. The van der Waals surface area contributed by atoms with Crippen LogP contribution in [0.25, 0.3) is 0 Å². The van der Waals surface area contributed by atoms with E-state index in [1.54, 1.807) is 0 Å². The van der Waals surface area contributed by atoms with E-state index >= 15 is 0 Å². The van der Waals surface area contributed by atoms with Gasteiger partial charge in [0.2, 0.25) is 0 Å². The normalized spacial score (nSPS) is 50.6. The topological polar surface area (TPSA) is 34.1 Å². The molecule has 0 heterocycles. The number of fused-ring (bicyclic) bond motifs is 5. The van der Waals surface area contributed by atoms with Gasteiger partial charge in [0.05, 0.1) is 0 Å². The Kier molecular flexibility index (Phi) is 3.64. The highest BCUT2D eigenvalue weighted by Crippen LogP contribution is 2.67. The minimum Gasteiger partial charge on any atom is -0.300 e. The van der Waals surface area contributed by atoms with Crippen molar-refractivity contribution in [2.75, 3.05) is 0 Å². The van der Waals surface area contributed by atoms with E-state index in [9.17, 15) is 9.59 Å². The second-order valence-electron chi connectivity index (χ2n) is 9.81. The summed E-state index contributed by atoms with van der Waals surface area (Å²) in [5, 5.41) is 0. The number of carbonyl (C=O) groups excluding carboxylic acids is 2. The van der Waals surface area contributed by atoms with Gasteiger partial charge in [0, 0.05) is 12.3 Å². The standard InChI is InChI=1S/C22H32O2/c1-13-11-15-12-16(24)7-9-21(15,3)19-8-10-22(4)17(14(2)23)5-6-18(22)20(13)19/h12-13,17-20H,5-11H2,1-4H3/t13-,17+,18-,19+,20-,21-,22+/m1/s1. The molecule has 0 unspecified atom stereocenters. The number of Topliss-reactive ketones (excluding diaryl/α,β-unsaturated/α-hetero) is 1. The molecular formula is C22H32O2. The van der Waals surface area contributed by atoms with Crippen molar-refractivity contribution in [3.8, 4) is 0 Å². The quantitative estimate of drug-likeness (QED) is 0.681. The monoisotopic (exact) mass is 328 g/mol.